The number of nitrogens with zero attached hydrogens (tertiary/aromatic N) is 2. The van der Waals surface area contributed by atoms with Gasteiger partial charge in [0.2, 0.25) is 0 Å². The number of aromatic nitrogens is 4. The summed E-state index contributed by atoms with van der Waals surface area (Å²) in [4.78, 5) is 21.6. The topological polar surface area (TPSA) is 86.5 Å². The molecule has 3 aromatic heterocycles. The van der Waals surface area contributed by atoms with E-state index in [2.05, 4.69) is 44.8 Å². The molecule has 6 nitrogen and oxygen atoms in total. The summed E-state index contributed by atoms with van der Waals surface area (Å²) in [5, 5.41) is 10.5. The fraction of sp³-hybridized carbons (Fsp3) is 0.250. The van der Waals surface area contributed by atoms with Crippen LogP contribution in [0.2, 0.25) is 0 Å². The predicted molar refractivity (Wildman–Crippen MR) is 107 cm³/mol. The highest BCUT2D eigenvalue weighted by Gasteiger charge is 2.31. The third-order valence-corrected chi connectivity index (χ3v) is 6.40. The number of H-pyrrole nitrogens is 2. The van der Waals surface area contributed by atoms with Gasteiger partial charge in [0.25, 0.3) is 5.56 Å². The van der Waals surface area contributed by atoms with Crippen molar-refractivity contribution in [1.29, 1.82) is 0 Å². The molecule has 3 N–H and O–H groups in total. The molecule has 4 heterocycles. The van der Waals surface area contributed by atoms with Crippen LogP contribution < -0.4 is 10.9 Å². The predicted octanol–water partition coefficient (Wildman–Crippen LogP) is 3.50. The lowest BCUT2D eigenvalue weighted by atomic mass is 9.91. The van der Waals surface area contributed by atoms with Gasteiger partial charge in [-0.15, -0.1) is 11.3 Å². The van der Waals surface area contributed by atoms with E-state index in [0.29, 0.717) is 16.4 Å². The summed E-state index contributed by atoms with van der Waals surface area (Å²) in [6, 6.07) is 12.4. The largest absolute Gasteiger partial charge is 0.308 e. The van der Waals surface area contributed by atoms with E-state index in [9.17, 15) is 4.79 Å². The number of hydrogen-bond acceptors (Lipinski definition) is 5. The highest BCUT2D eigenvalue weighted by Crippen LogP contribution is 2.37. The molecular formula is C20H19N5OS. The van der Waals surface area contributed by atoms with Crippen LogP contribution in [0.3, 0.4) is 0 Å². The Morgan fingerprint density at radius 3 is 2.85 bits per heavy atom. The summed E-state index contributed by atoms with van der Waals surface area (Å²) in [5.74, 6) is 1.02. The molecule has 1 aliphatic heterocycles. The van der Waals surface area contributed by atoms with Crippen LogP contribution >= 0.6 is 11.3 Å². The minimum absolute atomic E-state index is 0.0171. The highest BCUT2D eigenvalue weighted by atomic mass is 32.1. The van der Waals surface area contributed by atoms with Gasteiger partial charge in [-0.05, 0) is 31.5 Å². The summed E-state index contributed by atoms with van der Waals surface area (Å²) in [6.07, 6.45) is 2.82. The average Bonchev–Trinajstić information content (AvgIpc) is 3.41. The molecule has 0 aliphatic carbocycles. The first-order chi connectivity index (χ1) is 13.2. The molecule has 4 aromatic rings. The molecule has 0 unspecified atom stereocenters. The van der Waals surface area contributed by atoms with Crippen molar-refractivity contribution in [3.05, 3.63) is 70.0 Å². The molecule has 5 rings (SSSR count). The van der Waals surface area contributed by atoms with Gasteiger partial charge in [-0.3, -0.25) is 9.89 Å². The zero-order chi connectivity index (χ0) is 18.4. The van der Waals surface area contributed by atoms with E-state index in [1.807, 2.05) is 19.1 Å². The Morgan fingerprint density at radius 2 is 2.07 bits per heavy atom. The monoisotopic (exact) mass is 377 g/mol. The standard InChI is InChI=1S/C20H19N5OS/c1-11-14(10-22-25-11)16-9-15-18(27-16)20(26)24-19(23-15)17-13(7-8-21-17)12-5-3-2-4-6-12/h2-6,9-10,13,17,21H,7-8H2,1H3,(H,22,25)(H,23,24,26)/t13-,17+/m0/s1. The third-order valence-electron chi connectivity index (χ3n) is 5.24. The van der Waals surface area contributed by atoms with Crippen molar-refractivity contribution in [2.45, 2.75) is 25.3 Å². The number of nitrogens with one attached hydrogen (secondary N) is 3. The van der Waals surface area contributed by atoms with Crippen molar-refractivity contribution < 1.29 is 0 Å². The number of hydrogen-bond donors (Lipinski definition) is 3. The van der Waals surface area contributed by atoms with Crippen LogP contribution in [0, 0.1) is 6.92 Å². The Morgan fingerprint density at radius 1 is 1.22 bits per heavy atom. The first-order valence-corrected chi connectivity index (χ1v) is 9.85. The Kier molecular flexibility index (Phi) is 3.91. The molecule has 136 valence electrons. The second kappa shape index (κ2) is 6.44. The molecule has 2 atom stereocenters. The van der Waals surface area contributed by atoms with Gasteiger partial charge in [0.15, 0.2) is 0 Å². The van der Waals surface area contributed by atoms with E-state index in [1.165, 1.54) is 16.9 Å². The van der Waals surface area contributed by atoms with E-state index in [-0.39, 0.29) is 11.6 Å². The Labute approximate surface area is 159 Å². The average molecular weight is 377 g/mol. The zero-order valence-electron chi connectivity index (χ0n) is 14.8. The van der Waals surface area contributed by atoms with Crippen molar-refractivity contribution in [2.24, 2.45) is 0 Å². The summed E-state index contributed by atoms with van der Waals surface area (Å²) < 4.78 is 0.656. The molecule has 7 heteroatoms. The quantitative estimate of drug-likeness (QED) is 0.510. The molecule has 1 fully saturated rings. The van der Waals surface area contributed by atoms with Gasteiger partial charge in [0, 0.05) is 22.1 Å². The number of aryl methyl sites for hydroxylation is 1. The lowest BCUT2D eigenvalue weighted by Crippen LogP contribution is -2.23. The lowest BCUT2D eigenvalue weighted by Gasteiger charge is -2.19. The number of thiophene rings is 1. The number of fused-ring (bicyclic) bond motifs is 1. The van der Waals surface area contributed by atoms with Gasteiger partial charge in [-0.2, -0.15) is 5.10 Å². The van der Waals surface area contributed by atoms with E-state index in [0.717, 1.165) is 34.6 Å². The normalized spacial score (nSPS) is 19.7. The Balaban J connectivity index is 1.58. The maximum Gasteiger partial charge on any atom is 0.268 e. The Hall–Kier alpha value is -2.77. The minimum Gasteiger partial charge on any atom is -0.308 e. The molecule has 1 aliphatic rings. The maximum absolute atomic E-state index is 12.7. The summed E-state index contributed by atoms with van der Waals surface area (Å²) in [6.45, 7) is 2.89. The van der Waals surface area contributed by atoms with Crippen molar-refractivity contribution in [3.8, 4) is 10.4 Å². The first-order valence-electron chi connectivity index (χ1n) is 9.03. The zero-order valence-corrected chi connectivity index (χ0v) is 15.6. The molecule has 0 bridgehead atoms. The van der Waals surface area contributed by atoms with Gasteiger partial charge in [-0.1, -0.05) is 30.3 Å². The van der Waals surface area contributed by atoms with Gasteiger partial charge >= 0.3 is 0 Å². The molecule has 0 radical (unpaired) electrons. The van der Waals surface area contributed by atoms with Crippen molar-refractivity contribution >= 4 is 21.6 Å². The van der Waals surface area contributed by atoms with Crippen LogP contribution in [-0.4, -0.2) is 26.7 Å². The van der Waals surface area contributed by atoms with E-state index in [1.54, 1.807) is 6.20 Å². The van der Waals surface area contributed by atoms with Crippen LogP contribution in [0.1, 0.15) is 35.5 Å². The fourth-order valence-corrected chi connectivity index (χ4v) is 4.95. The van der Waals surface area contributed by atoms with Gasteiger partial charge in [0.05, 0.1) is 17.8 Å². The third kappa shape index (κ3) is 2.79. The number of aromatic amines is 2. The SMILES string of the molecule is Cc1[nH]ncc1-c1cc2nc([C@@H]3NCC[C@H]3c3ccccc3)[nH]c(=O)c2s1. The summed E-state index contributed by atoms with van der Waals surface area (Å²) >= 11 is 1.46. The van der Waals surface area contributed by atoms with Crippen molar-refractivity contribution in [3.63, 3.8) is 0 Å². The first kappa shape index (κ1) is 16.4. The number of benzene rings is 1. The van der Waals surface area contributed by atoms with Crippen LogP contribution in [0.15, 0.2) is 47.4 Å². The van der Waals surface area contributed by atoms with E-state index < -0.39 is 0 Å². The molecule has 0 spiro atoms. The second-order valence-corrected chi connectivity index (χ2v) is 7.97. The summed E-state index contributed by atoms with van der Waals surface area (Å²) in [7, 11) is 0. The van der Waals surface area contributed by atoms with E-state index in [4.69, 9.17) is 4.98 Å². The molecule has 27 heavy (non-hydrogen) atoms. The fourth-order valence-electron chi connectivity index (χ4n) is 3.89. The second-order valence-electron chi connectivity index (χ2n) is 6.92. The lowest BCUT2D eigenvalue weighted by molar-refractivity contribution is 0.546. The van der Waals surface area contributed by atoms with Crippen molar-refractivity contribution in [2.75, 3.05) is 6.54 Å². The molecule has 1 aromatic carbocycles. The van der Waals surface area contributed by atoms with Crippen LogP contribution in [0.4, 0.5) is 0 Å². The molecule has 0 saturated carbocycles. The molecule has 1 saturated heterocycles. The number of rotatable bonds is 3. The maximum atomic E-state index is 12.7. The van der Waals surface area contributed by atoms with Gasteiger partial charge in [-0.25, -0.2) is 4.98 Å². The minimum atomic E-state index is -0.0760. The van der Waals surface area contributed by atoms with Crippen LogP contribution in [0.25, 0.3) is 20.7 Å². The van der Waals surface area contributed by atoms with Crippen molar-refractivity contribution in [1.82, 2.24) is 25.5 Å². The van der Waals surface area contributed by atoms with Crippen LogP contribution in [-0.2, 0) is 0 Å². The molecular weight excluding hydrogens is 358 g/mol. The van der Waals surface area contributed by atoms with Gasteiger partial charge < -0.3 is 10.3 Å². The molecule has 0 amide bonds. The Bertz CT molecular complexity index is 1160. The van der Waals surface area contributed by atoms with Crippen LogP contribution in [0.5, 0.6) is 0 Å². The van der Waals surface area contributed by atoms with E-state index >= 15 is 0 Å². The summed E-state index contributed by atoms with van der Waals surface area (Å²) in [5.41, 5.74) is 3.94. The highest BCUT2D eigenvalue weighted by molar-refractivity contribution is 7.22. The smallest absolute Gasteiger partial charge is 0.268 e. The van der Waals surface area contributed by atoms with Gasteiger partial charge in [0.1, 0.15) is 10.5 Å².